The first-order chi connectivity index (χ1) is 9.84. The van der Waals surface area contributed by atoms with E-state index >= 15 is 0 Å². The van der Waals surface area contributed by atoms with Crippen LogP contribution in [-0.2, 0) is 0 Å². The van der Waals surface area contributed by atoms with Gasteiger partial charge in [-0.2, -0.15) is 0 Å². The van der Waals surface area contributed by atoms with E-state index in [0.717, 1.165) is 27.9 Å². The smallest absolute Gasteiger partial charge is 0.195 e. The highest BCUT2D eigenvalue weighted by Gasteiger charge is 2.27. The van der Waals surface area contributed by atoms with Crippen molar-refractivity contribution >= 4 is 5.78 Å². The van der Waals surface area contributed by atoms with Crippen LogP contribution in [-0.4, -0.2) is 10.8 Å². The molecule has 0 bridgehead atoms. The quantitative estimate of drug-likeness (QED) is 0.516. The number of hydrogen-bond acceptors (Lipinski definition) is 2. The van der Waals surface area contributed by atoms with Crippen LogP contribution in [0.25, 0.3) is 22.4 Å². The van der Waals surface area contributed by atoms with Gasteiger partial charge in [-0.1, -0.05) is 42.5 Å². The second kappa shape index (κ2) is 4.14. The number of rotatable bonds is 1. The van der Waals surface area contributed by atoms with E-state index in [1.807, 2.05) is 54.6 Å². The molecule has 0 N–H and O–H groups in total. The third-order valence-corrected chi connectivity index (χ3v) is 3.68. The SMILES string of the molecule is O=C1c2cc(-c3ccccc3)ccc2-c2ncccc21. The molecule has 94 valence electrons. The summed E-state index contributed by atoms with van der Waals surface area (Å²) >= 11 is 0. The fourth-order valence-electron chi connectivity index (χ4n) is 2.70. The van der Waals surface area contributed by atoms with E-state index in [0.29, 0.717) is 5.56 Å². The topological polar surface area (TPSA) is 30.0 Å². The molecular formula is C18H11NO. The van der Waals surface area contributed by atoms with Crippen molar-refractivity contribution in [3.05, 3.63) is 78.0 Å². The molecule has 1 aromatic heterocycles. The Balaban J connectivity index is 1.91. The van der Waals surface area contributed by atoms with Crippen molar-refractivity contribution in [2.75, 3.05) is 0 Å². The average Bonchev–Trinajstić information content (AvgIpc) is 2.81. The maximum absolute atomic E-state index is 12.4. The monoisotopic (exact) mass is 257 g/mol. The molecular weight excluding hydrogens is 246 g/mol. The van der Waals surface area contributed by atoms with Gasteiger partial charge in [0.1, 0.15) is 0 Å². The number of nitrogens with zero attached hydrogens (tertiary/aromatic N) is 1. The highest BCUT2D eigenvalue weighted by molar-refractivity contribution is 6.21. The standard InChI is InChI=1S/C18H11NO/c20-18-15-7-4-10-19-17(15)14-9-8-13(11-16(14)18)12-5-2-1-3-6-12/h1-11H. The summed E-state index contributed by atoms with van der Waals surface area (Å²) in [5.41, 5.74) is 5.36. The van der Waals surface area contributed by atoms with Gasteiger partial charge in [0, 0.05) is 22.9 Å². The summed E-state index contributed by atoms with van der Waals surface area (Å²) < 4.78 is 0. The van der Waals surface area contributed by atoms with E-state index in [1.54, 1.807) is 12.3 Å². The second-order valence-electron chi connectivity index (χ2n) is 4.86. The zero-order valence-electron chi connectivity index (χ0n) is 10.7. The Hall–Kier alpha value is -2.74. The van der Waals surface area contributed by atoms with Crippen molar-refractivity contribution in [1.29, 1.82) is 0 Å². The highest BCUT2D eigenvalue weighted by atomic mass is 16.1. The number of pyridine rings is 1. The van der Waals surface area contributed by atoms with Gasteiger partial charge in [-0.05, 0) is 29.3 Å². The van der Waals surface area contributed by atoms with E-state index in [1.165, 1.54) is 0 Å². The van der Waals surface area contributed by atoms with E-state index in [9.17, 15) is 4.79 Å². The lowest BCUT2D eigenvalue weighted by Gasteiger charge is -2.04. The summed E-state index contributed by atoms with van der Waals surface area (Å²) in [5.74, 6) is 0.0703. The number of benzene rings is 2. The van der Waals surface area contributed by atoms with Crippen molar-refractivity contribution in [3.63, 3.8) is 0 Å². The van der Waals surface area contributed by atoms with Crippen LogP contribution in [0.15, 0.2) is 66.9 Å². The first-order valence-corrected chi connectivity index (χ1v) is 6.54. The lowest BCUT2D eigenvalue weighted by molar-refractivity contribution is 0.104. The first-order valence-electron chi connectivity index (χ1n) is 6.54. The fourth-order valence-corrected chi connectivity index (χ4v) is 2.70. The van der Waals surface area contributed by atoms with Crippen LogP contribution in [0.2, 0.25) is 0 Å². The maximum atomic E-state index is 12.4. The first kappa shape index (κ1) is 11.1. The number of carbonyl (C=O) groups excluding carboxylic acids is 1. The van der Waals surface area contributed by atoms with Crippen molar-refractivity contribution in [3.8, 4) is 22.4 Å². The molecule has 1 aliphatic carbocycles. The largest absolute Gasteiger partial charge is 0.289 e. The summed E-state index contributed by atoms with van der Waals surface area (Å²) in [5, 5.41) is 0. The zero-order chi connectivity index (χ0) is 13.5. The Morgan fingerprint density at radius 3 is 2.40 bits per heavy atom. The van der Waals surface area contributed by atoms with E-state index in [-0.39, 0.29) is 5.78 Å². The lowest BCUT2D eigenvalue weighted by atomic mass is 10.00. The normalized spacial score (nSPS) is 12.1. The Bertz CT molecular complexity index is 822. The number of hydrogen-bond donors (Lipinski definition) is 0. The molecule has 0 saturated carbocycles. The van der Waals surface area contributed by atoms with Crippen LogP contribution in [0.3, 0.4) is 0 Å². The minimum absolute atomic E-state index is 0.0703. The van der Waals surface area contributed by atoms with Crippen LogP contribution >= 0.6 is 0 Å². The average molecular weight is 257 g/mol. The summed E-state index contributed by atoms with van der Waals surface area (Å²) in [7, 11) is 0. The van der Waals surface area contributed by atoms with Crippen LogP contribution in [0, 0.1) is 0 Å². The molecule has 0 fully saturated rings. The van der Waals surface area contributed by atoms with Gasteiger partial charge in [0.2, 0.25) is 0 Å². The van der Waals surface area contributed by atoms with Crippen molar-refractivity contribution in [2.45, 2.75) is 0 Å². The summed E-state index contributed by atoms with van der Waals surface area (Å²) in [6.07, 6.45) is 1.73. The van der Waals surface area contributed by atoms with Crippen molar-refractivity contribution in [1.82, 2.24) is 4.98 Å². The predicted molar refractivity (Wildman–Crippen MR) is 78.5 cm³/mol. The molecule has 0 atom stereocenters. The Morgan fingerprint density at radius 2 is 1.55 bits per heavy atom. The zero-order valence-corrected chi connectivity index (χ0v) is 10.7. The molecule has 0 spiro atoms. The molecule has 0 unspecified atom stereocenters. The van der Waals surface area contributed by atoms with Crippen LogP contribution in [0.4, 0.5) is 0 Å². The van der Waals surface area contributed by atoms with Gasteiger partial charge < -0.3 is 0 Å². The number of ketones is 1. The Labute approximate surface area is 116 Å². The molecule has 4 rings (SSSR count). The number of carbonyl (C=O) groups is 1. The van der Waals surface area contributed by atoms with Gasteiger partial charge in [0.25, 0.3) is 0 Å². The predicted octanol–water partition coefficient (Wildman–Crippen LogP) is 3.96. The van der Waals surface area contributed by atoms with E-state index in [2.05, 4.69) is 4.98 Å². The van der Waals surface area contributed by atoms with Gasteiger partial charge >= 0.3 is 0 Å². The van der Waals surface area contributed by atoms with Crippen LogP contribution in [0.1, 0.15) is 15.9 Å². The fraction of sp³-hybridized carbons (Fsp3) is 0. The molecule has 1 aliphatic rings. The lowest BCUT2D eigenvalue weighted by Crippen LogP contribution is -1.95. The molecule has 2 heteroatoms. The minimum Gasteiger partial charge on any atom is -0.289 e. The van der Waals surface area contributed by atoms with Gasteiger partial charge in [0.05, 0.1) is 5.69 Å². The number of fused-ring (bicyclic) bond motifs is 3. The molecule has 0 amide bonds. The van der Waals surface area contributed by atoms with Crippen molar-refractivity contribution in [2.24, 2.45) is 0 Å². The number of aromatic nitrogens is 1. The van der Waals surface area contributed by atoms with Crippen LogP contribution in [0.5, 0.6) is 0 Å². The van der Waals surface area contributed by atoms with Gasteiger partial charge in [-0.3, -0.25) is 9.78 Å². The maximum Gasteiger partial charge on any atom is 0.195 e. The van der Waals surface area contributed by atoms with Gasteiger partial charge in [0.15, 0.2) is 5.78 Å². The molecule has 0 aliphatic heterocycles. The summed E-state index contributed by atoms with van der Waals surface area (Å²) in [4.78, 5) is 16.8. The van der Waals surface area contributed by atoms with Crippen molar-refractivity contribution < 1.29 is 4.79 Å². The molecule has 2 nitrogen and oxygen atoms in total. The van der Waals surface area contributed by atoms with Crippen LogP contribution < -0.4 is 0 Å². The summed E-state index contributed by atoms with van der Waals surface area (Å²) in [6, 6.07) is 19.7. The molecule has 0 saturated heterocycles. The highest BCUT2D eigenvalue weighted by Crippen LogP contribution is 2.36. The molecule has 3 aromatic rings. The molecule has 1 heterocycles. The third-order valence-electron chi connectivity index (χ3n) is 3.68. The van der Waals surface area contributed by atoms with Gasteiger partial charge in [-0.25, -0.2) is 0 Å². The van der Waals surface area contributed by atoms with Gasteiger partial charge in [-0.15, -0.1) is 0 Å². The second-order valence-corrected chi connectivity index (χ2v) is 4.86. The summed E-state index contributed by atoms with van der Waals surface area (Å²) in [6.45, 7) is 0. The van der Waals surface area contributed by atoms with E-state index in [4.69, 9.17) is 0 Å². The Morgan fingerprint density at radius 1 is 0.700 bits per heavy atom. The Kier molecular flexibility index (Phi) is 2.30. The van der Waals surface area contributed by atoms with E-state index < -0.39 is 0 Å². The minimum atomic E-state index is 0.0703. The third kappa shape index (κ3) is 1.51. The molecule has 2 aromatic carbocycles. The molecule has 20 heavy (non-hydrogen) atoms. The molecule has 0 radical (unpaired) electrons.